The van der Waals surface area contributed by atoms with Crippen LogP contribution in [0.15, 0.2) is 42.6 Å². The number of aliphatic carboxylic acids is 1. The predicted molar refractivity (Wildman–Crippen MR) is 168 cm³/mol. The molecular weight excluding hydrogens is 600 g/mol. The minimum Gasteiger partial charge on any atom is -0.497 e. The number of aromatic nitrogens is 1. The number of rotatable bonds is 5. The van der Waals surface area contributed by atoms with Crippen molar-refractivity contribution in [3.05, 3.63) is 42.6 Å². The number of carbonyl (C=O) groups is 4. The Hall–Kier alpha value is -4.00. The molecule has 5 atom stereocenters. The van der Waals surface area contributed by atoms with Gasteiger partial charge in [0.25, 0.3) is 0 Å². The molecule has 0 radical (unpaired) electrons. The second-order valence-corrected chi connectivity index (χ2v) is 13.8. The number of carboxylic acid groups (broad SMARTS) is 1. The number of amides is 3. The van der Waals surface area contributed by atoms with E-state index in [1.165, 1.54) is 16.7 Å². The van der Waals surface area contributed by atoms with Crippen LogP contribution < -0.4 is 20.1 Å². The zero-order valence-corrected chi connectivity index (χ0v) is 26.7. The van der Waals surface area contributed by atoms with E-state index in [1.54, 1.807) is 40.1 Å². The van der Waals surface area contributed by atoms with Gasteiger partial charge in [-0.15, -0.1) is 0 Å². The van der Waals surface area contributed by atoms with E-state index in [2.05, 4.69) is 15.6 Å². The summed E-state index contributed by atoms with van der Waals surface area (Å²) in [4.78, 5) is 58.9. The van der Waals surface area contributed by atoms with Gasteiger partial charge in [0.2, 0.25) is 17.7 Å². The lowest BCUT2D eigenvalue weighted by Gasteiger charge is -2.30. The Labute approximate surface area is 266 Å². The molecule has 2 aromatic rings. The van der Waals surface area contributed by atoms with Crippen molar-refractivity contribution >= 4 is 46.4 Å². The molecule has 3 N–H and O–H groups in total. The highest BCUT2D eigenvalue weighted by atomic mass is 32.2. The molecule has 1 saturated heterocycles. The number of ether oxygens (including phenoxy) is 3. The maximum atomic E-state index is 14.1. The number of alkyl carbamates (subject to hydrolysis) is 1. The molecule has 45 heavy (non-hydrogen) atoms. The third kappa shape index (κ3) is 7.46. The molecule has 1 saturated carbocycles. The van der Waals surface area contributed by atoms with Crippen LogP contribution in [0.4, 0.5) is 4.79 Å². The standard InChI is InChI=1S/C32H40N4O8S/c1-31(2,3)44-30(41)34-24-18-45-13-7-5-6-8-20-16-32(20,29(39)40)35-26(37)25-15-22(17-36(25)28(24)38)43-27-23-10-9-21(42-4)14-19(23)11-12-33-27/h6,8-12,14,20,22,24-25H,5,7,13,15-18H2,1-4H3,(H,34,41)(H,35,37)(H,39,40)/b8-6-. The number of allylic oxidation sites excluding steroid dienone is 1. The molecule has 2 fully saturated rings. The van der Waals surface area contributed by atoms with Gasteiger partial charge in [-0.3, -0.25) is 9.59 Å². The number of pyridine rings is 1. The van der Waals surface area contributed by atoms with Gasteiger partial charge in [0.1, 0.15) is 35.1 Å². The summed E-state index contributed by atoms with van der Waals surface area (Å²) < 4.78 is 17.1. The van der Waals surface area contributed by atoms with Gasteiger partial charge in [-0.25, -0.2) is 14.6 Å². The van der Waals surface area contributed by atoms with Gasteiger partial charge < -0.3 is 34.9 Å². The number of carbonyl (C=O) groups excluding carboxylic acids is 3. The highest BCUT2D eigenvalue weighted by Crippen LogP contribution is 2.45. The quantitative estimate of drug-likeness (QED) is 0.413. The zero-order chi connectivity index (χ0) is 32.4. The summed E-state index contributed by atoms with van der Waals surface area (Å²) in [5, 5.41) is 17.1. The smallest absolute Gasteiger partial charge is 0.408 e. The second kappa shape index (κ2) is 13.2. The van der Waals surface area contributed by atoms with E-state index in [1.807, 2.05) is 30.4 Å². The van der Waals surface area contributed by atoms with Crippen molar-refractivity contribution in [1.82, 2.24) is 20.5 Å². The number of nitrogens with zero attached hydrogens (tertiary/aromatic N) is 2. The highest BCUT2D eigenvalue weighted by Gasteiger charge is 2.61. The van der Waals surface area contributed by atoms with E-state index in [0.717, 1.165) is 29.4 Å². The Bertz CT molecular complexity index is 1490. The van der Waals surface area contributed by atoms with Crippen molar-refractivity contribution < 1.29 is 38.5 Å². The molecule has 3 heterocycles. The molecular formula is C32H40N4O8S. The maximum Gasteiger partial charge on any atom is 0.408 e. The van der Waals surface area contributed by atoms with Gasteiger partial charge in [-0.1, -0.05) is 12.2 Å². The van der Waals surface area contributed by atoms with Crippen LogP contribution in [0.3, 0.4) is 0 Å². The third-order valence-corrected chi connectivity index (χ3v) is 9.25. The number of methoxy groups -OCH3 is 1. The Balaban J connectivity index is 1.44. The number of thioether (sulfide) groups is 1. The summed E-state index contributed by atoms with van der Waals surface area (Å²) in [7, 11) is 1.58. The van der Waals surface area contributed by atoms with Crippen molar-refractivity contribution in [3.63, 3.8) is 0 Å². The monoisotopic (exact) mass is 640 g/mol. The molecule has 0 bridgehead atoms. The van der Waals surface area contributed by atoms with E-state index < -0.39 is 53.2 Å². The lowest BCUT2D eigenvalue weighted by molar-refractivity contribution is -0.145. The van der Waals surface area contributed by atoms with Crippen molar-refractivity contribution in [1.29, 1.82) is 0 Å². The van der Waals surface area contributed by atoms with Crippen molar-refractivity contribution in [2.24, 2.45) is 5.92 Å². The Morgan fingerprint density at radius 3 is 2.76 bits per heavy atom. The maximum absolute atomic E-state index is 14.1. The lowest BCUT2D eigenvalue weighted by Crippen LogP contribution is -2.57. The van der Waals surface area contributed by atoms with Gasteiger partial charge in [0.15, 0.2) is 0 Å². The molecule has 0 spiro atoms. The fourth-order valence-electron chi connectivity index (χ4n) is 5.74. The summed E-state index contributed by atoms with van der Waals surface area (Å²) in [5.74, 6) is -0.502. The summed E-state index contributed by atoms with van der Waals surface area (Å²) in [6.45, 7) is 5.23. The topological polar surface area (TPSA) is 156 Å². The number of fused-ring (bicyclic) bond motifs is 3. The average molecular weight is 641 g/mol. The van der Waals surface area contributed by atoms with Gasteiger partial charge in [0, 0.05) is 29.7 Å². The minimum absolute atomic E-state index is 0.0334. The average Bonchev–Trinajstić information content (AvgIpc) is 3.51. The number of benzene rings is 1. The van der Waals surface area contributed by atoms with Crippen LogP contribution in [-0.2, 0) is 19.1 Å². The van der Waals surface area contributed by atoms with E-state index in [9.17, 15) is 24.3 Å². The molecule has 3 aliphatic rings. The molecule has 1 aromatic heterocycles. The number of nitrogens with one attached hydrogen (secondary N) is 2. The minimum atomic E-state index is -1.43. The Kier molecular flexibility index (Phi) is 9.47. The predicted octanol–water partition coefficient (Wildman–Crippen LogP) is 3.53. The molecule has 1 aromatic carbocycles. The first kappa shape index (κ1) is 32.4. The first-order valence-electron chi connectivity index (χ1n) is 15.1. The first-order valence-corrected chi connectivity index (χ1v) is 16.2. The number of hydrogen-bond donors (Lipinski definition) is 3. The number of carboxylic acids is 1. The van der Waals surface area contributed by atoms with Gasteiger partial charge in [-0.05, 0) is 75.4 Å². The van der Waals surface area contributed by atoms with Crippen LogP contribution in [0.1, 0.15) is 46.5 Å². The molecule has 3 amide bonds. The van der Waals surface area contributed by atoms with Crippen LogP contribution >= 0.6 is 11.8 Å². The van der Waals surface area contributed by atoms with Gasteiger partial charge in [0.05, 0.1) is 13.7 Å². The molecule has 2 aliphatic heterocycles. The van der Waals surface area contributed by atoms with Crippen molar-refractivity contribution in [2.45, 2.75) is 75.8 Å². The first-order chi connectivity index (χ1) is 21.4. The van der Waals surface area contributed by atoms with Crippen molar-refractivity contribution in [3.8, 4) is 11.6 Å². The van der Waals surface area contributed by atoms with Crippen LogP contribution in [0, 0.1) is 5.92 Å². The largest absolute Gasteiger partial charge is 0.497 e. The van der Waals surface area contributed by atoms with Gasteiger partial charge in [-0.2, -0.15) is 11.8 Å². The summed E-state index contributed by atoms with van der Waals surface area (Å²) >= 11 is 1.52. The summed E-state index contributed by atoms with van der Waals surface area (Å²) in [6, 6.07) is 5.30. The normalized spacial score (nSPS) is 28.0. The SMILES string of the molecule is COc1ccc2c(OC3CC4C(=O)NC5(C(=O)O)CC5/C=C\CCCSCC(NC(=O)OC(C)(C)C)C(=O)N4C3)nccc2c1. The van der Waals surface area contributed by atoms with Crippen LogP contribution in [0.5, 0.6) is 11.6 Å². The van der Waals surface area contributed by atoms with E-state index in [4.69, 9.17) is 14.2 Å². The fourth-order valence-corrected chi connectivity index (χ4v) is 6.74. The second-order valence-electron chi connectivity index (χ2n) is 12.6. The Morgan fingerprint density at radius 1 is 1.22 bits per heavy atom. The Morgan fingerprint density at radius 2 is 2.02 bits per heavy atom. The van der Waals surface area contributed by atoms with E-state index in [-0.39, 0.29) is 31.1 Å². The summed E-state index contributed by atoms with van der Waals surface area (Å²) in [5.41, 5.74) is -2.20. The van der Waals surface area contributed by atoms with Crippen LogP contribution in [0.25, 0.3) is 10.8 Å². The van der Waals surface area contributed by atoms with Crippen LogP contribution in [0.2, 0.25) is 0 Å². The number of hydrogen-bond acceptors (Lipinski definition) is 9. The fraction of sp³-hybridized carbons (Fsp3) is 0.531. The molecule has 5 unspecified atom stereocenters. The molecule has 5 rings (SSSR count). The van der Waals surface area contributed by atoms with Crippen molar-refractivity contribution in [2.75, 3.05) is 25.2 Å². The third-order valence-electron chi connectivity index (χ3n) is 8.11. The van der Waals surface area contributed by atoms with E-state index >= 15 is 0 Å². The molecule has 242 valence electrons. The van der Waals surface area contributed by atoms with E-state index in [0.29, 0.717) is 11.6 Å². The molecule has 12 nitrogen and oxygen atoms in total. The lowest BCUT2D eigenvalue weighted by atomic mass is 10.1. The van der Waals surface area contributed by atoms with Gasteiger partial charge >= 0.3 is 12.1 Å². The molecule has 13 heteroatoms. The summed E-state index contributed by atoms with van der Waals surface area (Å²) in [6.07, 6.45) is 5.95. The zero-order valence-electron chi connectivity index (χ0n) is 25.9. The van der Waals surface area contributed by atoms with Crippen LogP contribution in [-0.4, -0.2) is 93.4 Å². The highest BCUT2D eigenvalue weighted by molar-refractivity contribution is 7.99. The molecule has 1 aliphatic carbocycles.